The van der Waals surface area contributed by atoms with Gasteiger partial charge in [0.2, 0.25) is 0 Å². The lowest BCUT2D eigenvalue weighted by molar-refractivity contribution is 0.110. The number of rotatable bonds is 5. The number of benzene rings is 1. The highest BCUT2D eigenvalue weighted by atomic mass is 32.1. The van der Waals surface area contributed by atoms with Gasteiger partial charge in [-0.15, -0.1) is 11.3 Å². The summed E-state index contributed by atoms with van der Waals surface area (Å²) in [6, 6.07) is 15.1. The van der Waals surface area contributed by atoms with Gasteiger partial charge in [0, 0.05) is 30.8 Å². The van der Waals surface area contributed by atoms with Crippen molar-refractivity contribution in [3.05, 3.63) is 54.2 Å². The Hall–Kier alpha value is -1.75. The van der Waals surface area contributed by atoms with E-state index in [9.17, 15) is 0 Å². The van der Waals surface area contributed by atoms with Gasteiger partial charge in [-0.1, -0.05) is 24.3 Å². The van der Waals surface area contributed by atoms with Crippen LogP contribution in [0.3, 0.4) is 0 Å². The molecule has 0 aliphatic carbocycles. The maximum atomic E-state index is 5.63. The predicted molar refractivity (Wildman–Crippen MR) is 95.7 cm³/mol. The average Bonchev–Trinajstić information content (AvgIpc) is 3.24. The molecule has 4 rings (SSSR count). The van der Waals surface area contributed by atoms with Crippen molar-refractivity contribution in [2.75, 3.05) is 13.2 Å². The zero-order chi connectivity index (χ0) is 15.5. The first kappa shape index (κ1) is 14.8. The maximum absolute atomic E-state index is 5.63. The Kier molecular flexibility index (Phi) is 4.37. The molecule has 23 heavy (non-hydrogen) atoms. The molecule has 0 spiro atoms. The monoisotopic (exact) mass is 324 g/mol. The van der Waals surface area contributed by atoms with Crippen LogP contribution in [0, 0.1) is 0 Å². The first-order chi connectivity index (χ1) is 11.4. The van der Waals surface area contributed by atoms with E-state index in [0.717, 1.165) is 25.2 Å². The van der Waals surface area contributed by atoms with E-state index in [-0.39, 0.29) is 0 Å². The van der Waals surface area contributed by atoms with Crippen LogP contribution in [0.25, 0.3) is 20.7 Å². The van der Waals surface area contributed by atoms with Crippen LogP contribution in [-0.2, 0) is 11.3 Å². The van der Waals surface area contributed by atoms with Crippen molar-refractivity contribution in [1.82, 2.24) is 10.3 Å². The molecule has 0 amide bonds. The SMILES string of the molecule is c1cnc2cc(-c3ccc(CNCC4CCCO4)cc3)sc2c1. The molecule has 3 heterocycles. The van der Waals surface area contributed by atoms with E-state index >= 15 is 0 Å². The number of nitrogens with zero attached hydrogens (tertiary/aromatic N) is 1. The maximum Gasteiger partial charge on any atom is 0.0816 e. The van der Waals surface area contributed by atoms with E-state index in [1.54, 1.807) is 11.3 Å². The molecule has 1 unspecified atom stereocenters. The van der Waals surface area contributed by atoms with Gasteiger partial charge < -0.3 is 10.1 Å². The largest absolute Gasteiger partial charge is 0.377 e. The molecule has 0 saturated carbocycles. The Morgan fingerprint density at radius 2 is 2.13 bits per heavy atom. The summed E-state index contributed by atoms with van der Waals surface area (Å²) in [4.78, 5) is 5.69. The van der Waals surface area contributed by atoms with Crippen LogP contribution in [0.5, 0.6) is 0 Å². The Morgan fingerprint density at radius 3 is 2.91 bits per heavy atom. The summed E-state index contributed by atoms with van der Waals surface area (Å²) in [5, 5.41) is 3.49. The van der Waals surface area contributed by atoms with Crippen molar-refractivity contribution < 1.29 is 4.74 Å². The second-order valence-electron chi connectivity index (χ2n) is 5.96. The van der Waals surface area contributed by atoms with Gasteiger partial charge in [0.05, 0.1) is 16.3 Å². The van der Waals surface area contributed by atoms with Crippen LogP contribution in [0.4, 0.5) is 0 Å². The summed E-state index contributed by atoms with van der Waals surface area (Å²) >= 11 is 1.80. The van der Waals surface area contributed by atoms with Crippen molar-refractivity contribution in [3.63, 3.8) is 0 Å². The summed E-state index contributed by atoms with van der Waals surface area (Å²) < 4.78 is 6.87. The van der Waals surface area contributed by atoms with Gasteiger partial charge in [0.15, 0.2) is 0 Å². The molecule has 0 bridgehead atoms. The topological polar surface area (TPSA) is 34.2 Å². The fraction of sp³-hybridized carbons (Fsp3) is 0.316. The molecule has 1 N–H and O–H groups in total. The van der Waals surface area contributed by atoms with E-state index < -0.39 is 0 Å². The summed E-state index contributed by atoms with van der Waals surface area (Å²) in [6.07, 6.45) is 4.64. The summed E-state index contributed by atoms with van der Waals surface area (Å²) in [5.74, 6) is 0. The molecule has 1 aliphatic heterocycles. The highest BCUT2D eigenvalue weighted by molar-refractivity contribution is 7.22. The van der Waals surface area contributed by atoms with Gasteiger partial charge in [-0.05, 0) is 42.2 Å². The van der Waals surface area contributed by atoms with Crippen LogP contribution < -0.4 is 5.32 Å². The molecule has 0 radical (unpaired) electrons. The van der Waals surface area contributed by atoms with Gasteiger partial charge in [0.1, 0.15) is 0 Å². The summed E-state index contributed by atoms with van der Waals surface area (Å²) in [6.45, 7) is 2.77. The lowest BCUT2D eigenvalue weighted by Gasteiger charge is -2.10. The summed E-state index contributed by atoms with van der Waals surface area (Å²) in [5.41, 5.74) is 3.65. The molecular formula is C19H20N2OS. The molecule has 3 aromatic rings. The third kappa shape index (κ3) is 3.44. The molecule has 2 aromatic heterocycles. The third-order valence-electron chi connectivity index (χ3n) is 4.25. The Bertz CT molecular complexity index is 742. The van der Waals surface area contributed by atoms with Gasteiger partial charge >= 0.3 is 0 Å². The predicted octanol–water partition coefficient (Wildman–Crippen LogP) is 4.23. The number of hydrogen-bond acceptors (Lipinski definition) is 4. The van der Waals surface area contributed by atoms with E-state index in [2.05, 4.69) is 46.7 Å². The molecule has 1 atom stereocenters. The number of pyridine rings is 1. The van der Waals surface area contributed by atoms with Crippen molar-refractivity contribution in [3.8, 4) is 10.4 Å². The lowest BCUT2D eigenvalue weighted by Crippen LogP contribution is -2.25. The number of hydrogen-bond donors (Lipinski definition) is 1. The quantitative estimate of drug-likeness (QED) is 0.762. The molecule has 1 saturated heterocycles. The highest BCUT2D eigenvalue weighted by Crippen LogP contribution is 2.32. The molecule has 3 nitrogen and oxygen atoms in total. The zero-order valence-corrected chi connectivity index (χ0v) is 13.8. The van der Waals surface area contributed by atoms with Crippen molar-refractivity contribution in [1.29, 1.82) is 0 Å². The first-order valence-corrected chi connectivity index (χ1v) is 8.96. The minimum absolute atomic E-state index is 0.403. The van der Waals surface area contributed by atoms with E-state index in [1.165, 1.54) is 33.5 Å². The van der Waals surface area contributed by atoms with Gasteiger partial charge in [-0.3, -0.25) is 4.98 Å². The Morgan fingerprint density at radius 1 is 1.22 bits per heavy atom. The van der Waals surface area contributed by atoms with Crippen molar-refractivity contribution >= 4 is 21.6 Å². The first-order valence-electron chi connectivity index (χ1n) is 8.15. The summed E-state index contributed by atoms with van der Waals surface area (Å²) in [7, 11) is 0. The van der Waals surface area contributed by atoms with Crippen LogP contribution in [-0.4, -0.2) is 24.2 Å². The third-order valence-corrected chi connectivity index (χ3v) is 5.39. The Balaban J connectivity index is 1.40. The molecular weight excluding hydrogens is 304 g/mol. The Labute approximate surface area is 140 Å². The van der Waals surface area contributed by atoms with Crippen LogP contribution in [0.15, 0.2) is 48.7 Å². The van der Waals surface area contributed by atoms with Gasteiger partial charge in [-0.25, -0.2) is 0 Å². The second-order valence-corrected chi connectivity index (χ2v) is 7.04. The standard InChI is InChI=1S/C19H20N2OS/c1-4-18-17(21-9-1)11-19(23-18)15-7-5-14(6-8-15)12-20-13-16-3-2-10-22-16/h1,4-9,11,16,20H,2-3,10,12-13H2. The van der Waals surface area contributed by atoms with Gasteiger partial charge in [-0.2, -0.15) is 0 Å². The number of nitrogens with one attached hydrogen (secondary N) is 1. The minimum Gasteiger partial charge on any atom is -0.377 e. The molecule has 1 aliphatic rings. The minimum atomic E-state index is 0.403. The normalized spacial score (nSPS) is 17.8. The molecule has 4 heteroatoms. The van der Waals surface area contributed by atoms with Crippen molar-refractivity contribution in [2.24, 2.45) is 0 Å². The molecule has 118 valence electrons. The van der Waals surface area contributed by atoms with Crippen LogP contribution in [0.2, 0.25) is 0 Å². The number of ether oxygens (including phenoxy) is 1. The zero-order valence-electron chi connectivity index (χ0n) is 13.0. The van der Waals surface area contributed by atoms with E-state index in [1.807, 2.05) is 12.3 Å². The highest BCUT2D eigenvalue weighted by Gasteiger charge is 2.14. The van der Waals surface area contributed by atoms with Crippen molar-refractivity contribution in [2.45, 2.75) is 25.5 Å². The van der Waals surface area contributed by atoms with Crippen LogP contribution >= 0.6 is 11.3 Å². The van der Waals surface area contributed by atoms with Gasteiger partial charge in [0.25, 0.3) is 0 Å². The fourth-order valence-corrected chi connectivity index (χ4v) is 4.01. The van der Waals surface area contributed by atoms with Crippen LogP contribution in [0.1, 0.15) is 18.4 Å². The number of fused-ring (bicyclic) bond motifs is 1. The number of aromatic nitrogens is 1. The average molecular weight is 324 g/mol. The molecule has 1 fully saturated rings. The second kappa shape index (κ2) is 6.79. The smallest absolute Gasteiger partial charge is 0.0816 e. The van der Waals surface area contributed by atoms with E-state index in [0.29, 0.717) is 6.10 Å². The number of thiophene rings is 1. The lowest BCUT2D eigenvalue weighted by atomic mass is 10.1. The fourth-order valence-electron chi connectivity index (χ4n) is 2.98. The molecule has 1 aromatic carbocycles. The van der Waals surface area contributed by atoms with E-state index in [4.69, 9.17) is 4.74 Å².